The predicted octanol–water partition coefficient (Wildman–Crippen LogP) is 15.0. The minimum absolute atomic E-state index is 1.12. The first-order valence-electron chi connectivity index (χ1n) is 19.3. The molecule has 0 bridgehead atoms. The summed E-state index contributed by atoms with van der Waals surface area (Å²) in [6.07, 6.45) is 0. The molecular weight excluding hydrogens is 677 g/mol. The number of aromatic nitrogens is 1. The largest absolute Gasteiger partial charge is 0.310 e. The van der Waals surface area contributed by atoms with Crippen molar-refractivity contribution in [1.29, 1.82) is 0 Å². The molecule has 260 valence electrons. The van der Waals surface area contributed by atoms with Gasteiger partial charge in [0.05, 0.1) is 16.7 Å². The summed E-state index contributed by atoms with van der Waals surface area (Å²) < 4.78 is 2.41. The number of fused-ring (bicyclic) bond motifs is 10. The lowest BCUT2D eigenvalue weighted by Crippen LogP contribution is -2.11. The van der Waals surface area contributed by atoms with E-state index in [9.17, 15) is 0 Å². The van der Waals surface area contributed by atoms with E-state index in [0.29, 0.717) is 0 Å². The highest BCUT2D eigenvalue weighted by Crippen LogP contribution is 2.51. The van der Waals surface area contributed by atoms with E-state index in [1.165, 1.54) is 93.2 Å². The minimum atomic E-state index is 1.12. The molecule has 0 unspecified atom stereocenters. The van der Waals surface area contributed by atoms with Gasteiger partial charge in [-0.1, -0.05) is 121 Å². The van der Waals surface area contributed by atoms with Crippen molar-refractivity contribution in [2.45, 2.75) is 0 Å². The van der Waals surface area contributed by atoms with Crippen molar-refractivity contribution in [3.05, 3.63) is 206 Å². The van der Waals surface area contributed by atoms with Gasteiger partial charge in [0, 0.05) is 33.4 Å². The van der Waals surface area contributed by atoms with Crippen molar-refractivity contribution < 1.29 is 0 Å². The van der Waals surface area contributed by atoms with Crippen molar-refractivity contribution in [3.63, 3.8) is 0 Å². The Bertz CT molecular complexity index is 3300. The van der Waals surface area contributed by atoms with E-state index in [2.05, 4.69) is 216 Å². The number of hydrogen-bond acceptors (Lipinski definition) is 1. The zero-order chi connectivity index (χ0) is 36.7. The number of benzene rings is 10. The van der Waals surface area contributed by atoms with E-state index >= 15 is 0 Å². The van der Waals surface area contributed by atoms with Crippen LogP contribution in [-0.4, -0.2) is 4.57 Å². The SMILES string of the molecule is c1ccc(-c2cc3ccccc3cc2N(c2ccccc2)c2ccc3cc4c(cc3c2)-c2cc3cc(-n5c6ccccc6c6ccccc65)ccc3cc2-4)cc1. The summed E-state index contributed by atoms with van der Waals surface area (Å²) in [4.78, 5) is 2.42. The van der Waals surface area contributed by atoms with Crippen molar-refractivity contribution in [3.8, 4) is 39.1 Å². The molecule has 2 nitrogen and oxygen atoms in total. The molecule has 0 amide bonds. The highest BCUT2D eigenvalue weighted by molar-refractivity contribution is 6.13. The fourth-order valence-corrected chi connectivity index (χ4v) is 9.14. The quantitative estimate of drug-likeness (QED) is 0.173. The Morgan fingerprint density at radius 2 is 0.786 bits per heavy atom. The average molecular weight is 711 g/mol. The summed E-state index contributed by atoms with van der Waals surface area (Å²) in [6.45, 7) is 0. The molecule has 0 radical (unpaired) electrons. The Morgan fingerprint density at radius 1 is 0.304 bits per heavy atom. The van der Waals surface area contributed by atoms with E-state index in [1.807, 2.05) is 0 Å². The molecule has 12 rings (SSSR count). The van der Waals surface area contributed by atoms with Gasteiger partial charge in [0.15, 0.2) is 0 Å². The van der Waals surface area contributed by atoms with Gasteiger partial charge in [-0.3, -0.25) is 0 Å². The molecular formula is C54H34N2. The average Bonchev–Trinajstić information content (AvgIpc) is 3.60. The van der Waals surface area contributed by atoms with Gasteiger partial charge in [-0.05, 0) is 145 Å². The molecule has 10 aromatic carbocycles. The van der Waals surface area contributed by atoms with Crippen LogP contribution in [0.25, 0.3) is 93.2 Å². The first-order chi connectivity index (χ1) is 27.7. The van der Waals surface area contributed by atoms with Gasteiger partial charge in [-0.2, -0.15) is 0 Å². The van der Waals surface area contributed by atoms with E-state index in [0.717, 1.165) is 17.1 Å². The van der Waals surface area contributed by atoms with E-state index in [1.54, 1.807) is 0 Å². The molecule has 0 saturated carbocycles. The van der Waals surface area contributed by atoms with Crippen molar-refractivity contribution in [2.24, 2.45) is 0 Å². The number of nitrogens with zero attached hydrogens (tertiary/aromatic N) is 2. The Hall–Kier alpha value is -7.42. The monoisotopic (exact) mass is 710 g/mol. The summed E-state index contributed by atoms with van der Waals surface area (Å²) in [7, 11) is 0. The van der Waals surface area contributed by atoms with E-state index < -0.39 is 0 Å². The number of rotatable bonds is 5. The maximum atomic E-state index is 2.42. The van der Waals surface area contributed by atoms with Crippen LogP contribution < -0.4 is 4.90 Å². The lowest BCUT2D eigenvalue weighted by atomic mass is 9.78. The van der Waals surface area contributed by atoms with Crippen LogP contribution in [0.2, 0.25) is 0 Å². The highest BCUT2D eigenvalue weighted by atomic mass is 15.1. The summed E-state index contributed by atoms with van der Waals surface area (Å²) in [5, 5.41) is 10.0. The Labute approximate surface area is 324 Å². The number of anilines is 3. The second-order valence-corrected chi connectivity index (χ2v) is 15.0. The third-order valence-corrected chi connectivity index (χ3v) is 11.8. The standard InChI is InChI=1S/C54H34N2/c1-3-13-35(14-4-1)47-29-36-15-7-8-16-37(36)34-54(47)55(42-17-5-2-6-18-42)43-25-23-38-30-48-49-31-39-24-26-44(28-41(39)33-51(49)50(48)32-40(38)27-43)56-52-21-11-9-19-45(52)46-20-10-12-22-53(46)56/h1-34H. The Kier molecular flexibility index (Phi) is 6.66. The first kappa shape index (κ1) is 31.0. The number of para-hydroxylation sites is 3. The van der Waals surface area contributed by atoms with Crippen LogP contribution in [-0.2, 0) is 0 Å². The molecule has 0 aliphatic heterocycles. The summed E-state index contributed by atoms with van der Waals surface area (Å²) in [6, 6.07) is 75.8. The van der Waals surface area contributed by atoms with Gasteiger partial charge in [-0.25, -0.2) is 0 Å². The molecule has 2 heteroatoms. The normalized spacial score (nSPS) is 11.9. The van der Waals surface area contributed by atoms with Crippen molar-refractivity contribution >= 4 is 71.2 Å². The van der Waals surface area contributed by atoms with Crippen molar-refractivity contribution in [2.75, 3.05) is 4.90 Å². The third-order valence-electron chi connectivity index (χ3n) is 11.8. The van der Waals surface area contributed by atoms with Crippen LogP contribution in [0.5, 0.6) is 0 Å². The Balaban J connectivity index is 0.997. The second kappa shape index (κ2) is 12.0. The fraction of sp³-hybridized carbons (Fsp3) is 0. The molecule has 0 saturated heterocycles. The second-order valence-electron chi connectivity index (χ2n) is 15.0. The zero-order valence-electron chi connectivity index (χ0n) is 30.5. The van der Waals surface area contributed by atoms with Gasteiger partial charge in [0.25, 0.3) is 0 Å². The zero-order valence-corrected chi connectivity index (χ0v) is 30.5. The predicted molar refractivity (Wildman–Crippen MR) is 238 cm³/mol. The topological polar surface area (TPSA) is 8.17 Å². The highest BCUT2D eigenvalue weighted by Gasteiger charge is 2.25. The summed E-state index contributed by atoms with van der Waals surface area (Å²) >= 11 is 0. The molecule has 1 heterocycles. The Morgan fingerprint density at radius 3 is 1.45 bits per heavy atom. The van der Waals surface area contributed by atoms with Gasteiger partial charge < -0.3 is 9.47 Å². The fourth-order valence-electron chi connectivity index (χ4n) is 9.14. The summed E-state index contributed by atoms with van der Waals surface area (Å²) in [5.41, 5.74) is 14.7. The van der Waals surface area contributed by atoms with Crippen molar-refractivity contribution in [1.82, 2.24) is 4.57 Å². The van der Waals surface area contributed by atoms with Crippen LogP contribution >= 0.6 is 0 Å². The van der Waals surface area contributed by atoms with Crippen LogP contribution in [0.4, 0.5) is 17.1 Å². The molecule has 1 aliphatic carbocycles. The lowest BCUT2D eigenvalue weighted by molar-refractivity contribution is 1.19. The smallest absolute Gasteiger partial charge is 0.0546 e. The maximum Gasteiger partial charge on any atom is 0.0546 e. The van der Waals surface area contributed by atoms with E-state index in [-0.39, 0.29) is 0 Å². The van der Waals surface area contributed by atoms with Gasteiger partial charge in [-0.15, -0.1) is 0 Å². The van der Waals surface area contributed by atoms with Crippen LogP contribution in [0.3, 0.4) is 0 Å². The minimum Gasteiger partial charge on any atom is -0.310 e. The first-order valence-corrected chi connectivity index (χ1v) is 19.3. The molecule has 1 aliphatic rings. The molecule has 1 aromatic heterocycles. The third kappa shape index (κ3) is 4.69. The van der Waals surface area contributed by atoms with Crippen LogP contribution in [0.15, 0.2) is 206 Å². The van der Waals surface area contributed by atoms with Crippen LogP contribution in [0, 0.1) is 0 Å². The van der Waals surface area contributed by atoms with E-state index in [4.69, 9.17) is 0 Å². The molecule has 0 spiro atoms. The maximum absolute atomic E-state index is 2.42. The van der Waals surface area contributed by atoms with Gasteiger partial charge >= 0.3 is 0 Å². The van der Waals surface area contributed by atoms with Gasteiger partial charge in [0.1, 0.15) is 0 Å². The molecule has 0 fully saturated rings. The van der Waals surface area contributed by atoms with Crippen LogP contribution in [0.1, 0.15) is 0 Å². The number of hydrogen-bond donors (Lipinski definition) is 0. The molecule has 0 N–H and O–H groups in total. The molecule has 11 aromatic rings. The summed E-state index contributed by atoms with van der Waals surface area (Å²) in [5.74, 6) is 0. The molecule has 56 heavy (non-hydrogen) atoms. The lowest BCUT2D eigenvalue weighted by Gasteiger charge is -2.29. The molecule has 0 atom stereocenters. The van der Waals surface area contributed by atoms with Gasteiger partial charge in [0.2, 0.25) is 0 Å².